The molecule has 0 spiro atoms. The van der Waals surface area contributed by atoms with Crippen LogP contribution in [0.15, 0.2) is 59.6 Å². The Kier molecular flexibility index (Phi) is 9.44. The number of halogens is 1. The van der Waals surface area contributed by atoms with E-state index in [1.165, 1.54) is 5.56 Å². The van der Waals surface area contributed by atoms with Gasteiger partial charge in [-0.25, -0.2) is 0 Å². The lowest BCUT2D eigenvalue weighted by molar-refractivity contribution is -0.122. The Morgan fingerprint density at radius 2 is 1.86 bits per heavy atom. The first-order valence-electron chi connectivity index (χ1n) is 10.0. The third kappa shape index (κ3) is 7.03. The summed E-state index contributed by atoms with van der Waals surface area (Å²) in [5, 5.41) is 9.76. The van der Waals surface area contributed by atoms with Gasteiger partial charge in [0.25, 0.3) is 0 Å². The Morgan fingerprint density at radius 3 is 2.52 bits per heavy atom. The van der Waals surface area contributed by atoms with Crippen LogP contribution >= 0.6 is 24.0 Å². The highest BCUT2D eigenvalue weighted by molar-refractivity contribution is 14.0. The number of carbonyl (C=O) groups is 1. The van der Waals surface area contributed by atoms with E-state index in [1.807, 2.05) is 30.3 Å². The van der Waals surface area contributed by atoms with Crippen LogP contribution in [0.3, 0.4) is 0 Å². The van der Waals surface area contributed by atoms with Gasteiger partial charge in [-0.1, -0.05) is 55.8 Å². The molecule has 3 rings (SSSR count). The zero-order valence-electron chi connectivity index (χ0n) is 17.2. The van der Waals surface area contributed by atoms with Crippen LogP contribution in [-0.4, -0.2) is 25.5 Å². The third-order valence-electron chi connectivity index (χ3n) is 5.30. The number of nitrogens with one attached hydrogen (secondary N) is 3. The van der Waals surface area contributed by atoms with Gasteiger partial charge in [-0.3, -0.25) is 9.79 Å². The second-order valence-corrected chi connectivity index (χ2v) is 7.44. The van der Waals surface area contributed by atoms with Crippen LogP contribution in [0.25, 0.3) is 0 Å². The van der Waals surface area contributed by atoms with Crippen molar-refractivity contribution in [3.8, 4) is 0 Å². The maximum atomic E-state index is 12.1. The molecule has 0 radical (unpaired) electrons. The summed E-state index contributed by atoms with van der Waals surface area (Å²) in [4.78, 5) is 16.4. The average molecular weight is 506 g/mol. The van der Waals surface area contributed by atoms with Crippen molar-refractivity contribution in [2.24, 2.45) is 10.9 Å². The number of nitrogens with zero attached hydrogens (tertiary/aromatic N) is 1. The Bertz CT molecular complexity index is 806. The van der Waals surface area contributed by atoms with Gasteiger partial charge in [-0.15, -0.1) is 24.0 Å². The van der Waals surface area contributed by atoms with Crippen LogP contribution in [0.1, 0.15) is 43.2 Å². The minimum atomic E-state index is 0. The molecule has 1 saturated carbocycles. The van der Waals surface area contributed by atoms with Gasteiger partial charge in [0.05, 0.1) is 0 Å². The van der Waals surface area contributed by atoms with E-state index in [4.69, 9.17) is 0 Å². The molecule has 29 heavy (non-hydrogen) atoms. The zero-order valence-corrected chi connectivity index (χ0v) is 19.5. The van der Waals surface area contributed by atoms with Crippen molar-refractivity contribution in [3.05, 3.63) is 65.7 Å². The lowest BCUT2D eigenvalue weighted by Gasteiger charge is -2.24. The van der Waals surface area contributed by atoms with Crippen molar-refractivity contribution >= 4 is 41.5 Å². The molecule has 3 N–H and O–H groups in total. The molecule has 1 atom stereocenters. The maximum Gasteiger partial charge on any atom is 0.227 e. The van der Waals surface area contributed by atoms with Crippen LogP contribution in [0.4, 0.5) is 5.69 Å². The summed E-state index contributed by atoms with van der Waals surface area (Å²) in [5.74, 6) is 1.50. The molecule has 1 unspecified atom stereocenters. The number of carbonyl (C=O) groups excluding carboxylic acids is 1. The Balaban J connectivity index is 0.00000300. The largest absolute Gasteiger partial charge is 0.356 e. The third-order valence-corrected chi connectivity index (χ3v) is 5.30. The number of aliphatic imine (C=N–C) groups is 1. The predicted molar refractivity (Wildman–Crippen MR) is 131 cm³/mol. The quantitative estimate of drug-likeness (QED) is 0.294. The first-order chi connectivity index (χ1) is 13.7. The van der Waals surface area contributed by atoms with Gasteiger partial charge in [0, 0.05) is 31.7 Å². The van der Waals surface area contributed by atoms with Gasteiger partial charge in [0.2, 0.25) is 5.91 Å². The zero-order chi connectivity index (χ0) is 19.8. The van der Waals surface area contributed by atoms with E-state index in [0.29, 0.717) is 12.5 Å². The molecule has 156 valence electrons. The molecular formula is C23H31IN4O. The summed E-state index contributed by atoms with van der Waals surface area (Å²) in [5.41, 5.74) is 3.27. The summed E-state index contributed by atoms with van der Waals surface area (Å²) >= 11 is 0. The van der Waals surface area contributed by atoms with Gasteiger partial charge in [-0.05, 0) is 42.0 Å². The predicted octanol–water partition coefficient (Wildman–Crippen LogP) is 4.51. The van der Waals surface area contributed by atoms with Crippen molar-refractivity contribution < 1.29 is 4.79 Å². The molecule has 1 amide bonds. The second-order valence-electron chi connectivity index (χ2n) is 7.44. The molecule has 0 bridgehead atoms. The van der Waals surface area contributed by atoms with Crippen LogP contribution < -0.4 is 16.0 Å². The second kappa shape index (κ2) is 11.8. The molecule has 0 aliphatic heterocycles. The molecule has 1 aliphatic rings. The van der Waals surface area contributed by atoms with E-state index in [2.05, 4.69) is 52.1 Å². The van der Waals surface area contributed by atoms with Crippen molar-refractivity contribution in [1.29, 1.82) is 0 Å². The maximum absolute atomic E-state index is 12.1. The fourth-order valence-corrected chi connectivity index (χ4v) is 3.23. The lowest BCUT2D eigenvalue weighted by Crippen LogP contribution is -2.38. The molecule has 2 aromatic rings. The Labute approximate surface area is 190 Å². The summed E-state index contributed by atoms with van der Waals surface area (Å²) < 4.78 is 0. The first-order valence-corrected chi connectivity index (χ1v) is 10.0. The fourth-order valence-electron chi connectivity index (χ4n) is 3.23. The SMILES string of the molecule is CN=C(NCc1cccc(NC(=O)C2CCC2)c1)NCC(C)c1ccccc1.I. The molecule has 0 saturated heterocycles. The number of hydrogen-bond acceptors (Lipinski definition) is 2. The molecule has 6 heteroatoms. The average Bonchev–Trinajstić information content (AvgIpc) is 2.67. The Hall–Kier alpha value is -2.09. The number of guanidine groups is 1. The lowest BCUT2D eigenvalue weighted by atomic mass is 9.85. The molecular weight excluding hydrogens is 475 g/mol. The van der Waals surface area contributed by atoms with Crippen LogP contribution in [0.2, 0.25) is 0 Å². The standard InChI is InChI=1S/C23H30N4O.HI/c1-17(19-9-4-3-5-10-19)15-25-23(24-2)26-16-18-8-6-13-21(14-18)27-22(28)20-11-7-12-20;/h3-6,8-10,13-14,17,20H,7,11-12,15-16H2,1-2H3,(H,27,28)(H2,24,25,26);1H. The molecule has 1 aliphatic carbocycles. The number of benzene rings is 2. The van der Waals surface area contributed by atoms with Crippen LogP contribution in [-0.2, 0) is 11.3 Å². The normalized spacial score (nSPS) is 14.9. The molecule has 2 aromatic carbocycles. The van der Waals surface area contributed by atoms with Gasteiger partial charge >= 0.3 is 0 Å². The number of anilines is 1. The van der Waals surface area contributed by atoms with E-state index >= 15 is 0 Å². The van der Waals surface area contributed by atoms with Crippen molar-refractivity contribution in [3.63, 3.8) is 0 Å². The van der Waals surface area contributed by atoms with Crippen molar-refractivity contribution in [1.82, 2.24) is 10.6 Å². The minimum absolute atomic E-state index is 0. The van der Waals surface area contributed by atoms with Gasteiger partial charge in [0.1, 0.15) is 0 Å². The molecule has 1 fully saturated rings. The van der Waals surface area contributed by atoms with E-state index in [9.17, 15) is 4.79 Å². The van der Waals surface area contributed by atoms with Crippen LogP contribution in [0.5, 0.6) is 0 Å². The van der Waals surface area contributed by atoms with Gasteiger partial charge in [0.15, 0.2) is 5.96 Å². The van der Waals surface area contributed by atoms with E-state index in [-0.39, 0.29) is 35.8 Å². The van der Waals surface area contributed by atoms with E-state index in [1.54, 1.807) is 7.05 Å². The summed E-state index contributed by atoms with van der Waals surface area (Å²) in [6.07, 6.45) is 3.18. The van der Waals surface area contributed by atoms with E-state index in [0.717, 1.165) is 43.0 Å². The highest BCUT2D eigenvalue weighted by Crippen LogP contribution is 2.27. The minimum Gasteiger partial charge on any atom is -0.356 e. The summed E-state index contributed by atoms with van der Waals surface area (Å²) in [6.45, 7) is 3.65. The smallest absolute Gasteiger partial charge is 0.227 e. The first kappa shape index (κ1) is 23.2. The number of hydrogen-bond donors (Lipinski definition) is 3. The highest BCUT2D eigenvalue weighted by Gasteiger charge is 2.25. The van der Waals surface area contributed by atoms with Crippen LogP contribution in [0, 0.1) is 5.92 Å². The van der Waals surface area contributed by atoms with Crippen molar-refractivity contribution in [2.45, 2.75) is 38.6 Å². The molecule has 5 nitrogen and oxygen atoms in total. The van der Waals surface area contributed by atoms with Gasteiger partial charge < -0.3 is 16.0 Å². The van der Waals surface area contributed by atoms with Crippen molar-refractivity contribution in [2.75, 3.05) is 18.9 Å². The molecule has 0 heterocycles. The fraction of sp³-hybridized carbons (Fsp3) is 0.391. The Morgan fingerprint density at radius 1 is 1.10 bits per heavy atom. The van der Waals surface area contributed by atoms with E-state index < -0.39 is 0 Å². The summed E-state index contributed by atoms with van der Waals surface area (Å²) in [6, 6.07) is 18.4. The topological polar surface area (TPSA) is 65.5 Å². The monoisotopic (exact) mass is 506 g/mol. The number of amides is 1. The van der Waals surface area contributed by atoms with Gasteiger partial charge in [-0.2, -0.15) is 0 Å². The molecule has 0 aromatic heterocycles. The highest BCUT2D eigenvalue weighted by atomic mass is 127. The summed E-state index contributed by atoms with van der Waals surface area (Å²) in [7, 11) is 1.78. The number of rotatable bonds is 7.